The largest absolute Gasteiger partial charge is 0.505 e. The molecule has 2 aromatic heterocycles. The van der Waals surface area contributed by atoms with E-state index in [1.54, 1.807) is 11.4 Å². The van der Waals surface area contributed by atoms with E-state index in [1.807, 2.05) is 35.7 Å². The summed E-state index contributed by atoms with van der Waals surface area (Å²) in [4.78, 5) is 13.7. The highest BCUT2D eigenvalue weighted by Crippen LogP contribution is 2.52. The van der Waals surface area contributed by atoms with Crippen LogP contribution in [-0.4, -0.2) is 42.5 Å². The average molecular weight is 572 g/mol. The van der Waals surface area contributed by atoms with E-state index >= 15 is 0 Å². The summed E-state index contributed by atoms with van der Waals surface area (Å²) in [5, 5.41) is 22.3. The van der Waals surface area contributed by atoms with E-state index in [1.165, 1.54) is 41.3 Å². The summed E-state index contributed by atoms with van der Waals surface area (Å²) in [5.74, 6) is -0.583. The van der Waals surface area contributed by atoms with Gasteiger partial charge in [-0.25, -0.2) is 13.1 Å². The zero-order valence-corrected chi connectivity index (χ0v) is 22.7. The maximum absolute atomic E-state index is 13.8. The van der Waals surface area contributed by atoms with E-state index in [0.29, 0.717) is 5.56 Å². The van der Waals surface area contributed by atoms with Gasteiger partial charge in [0.2, 0.25) is 10.0 Å². The van der Waals surface area contributed by atoms with Gasteiger partial charge in [-0.1, -0.05) is 30.3 Å². The fourth-order valence-corrected chi connectivity index (χ4v) is 6.70. The number of rotatable bonds is 7. The Labute approximate surface area is 222 Å². The molecule has 1 aliphatic rings. The van der Waals surface area contributed by atoms with E-state index in [4.69, 9.17) is 4.52 Å². The summed E-state index contributed by atoms with van der Waals surface area (Å²) in [6, 6.07) is 15.3. The van der Waals surface area contributed by atoms with Gasteiger partial charge in [-0.05, 0) is 35.2 Å². The summed E-state index contributed by atoms with van der Waals surface area (Å²) in [5.41, 5.74) is 1.14. The molecule has 38 heavy (non-hydrogen) atoms. The van der Waals surface area contributed by atoms with E-state index in [0.717, 1.165) is 11.8 Å². The van der Waals surface area contributed by atoms with Crippen LogP contribution in [0.25, 0.3) is 11.3 Å². The van der Waals surface area contributed by atoms with Crippen LogP contribution < -0.4 is 20.9 Å². The quantitative estimate of drug-likeness (QED) is 0.285. The van der Waals surface area contributed by atoms with Gasteiger partial charge in [0.1, 0.15) is 11.3 Å². The molecule has 1 aliphatic heterocycles. The molecule has 0 saturated carbocycles. The molecule has 14 heteroatoms. The number of anilines is 2. The predicted molar refractivity (Wildman–Crippen MR) is 148 cm³/mol. The first-order chi connectivity index (χ1) is 18.1. The van der Waals surface area contributed by atoms with Gasteiger partial charge in [0.25, 0.3) is 5.56 Å². The Hall–Kier alpha value is -3.77. The highest BCUT2D eigenvalue weighted by molar-refractivity contribution is 7.92. The third-order valence-corrected chi connectivity index (χ3v) is 8.90. The molecular formula is C24H22N5O6PS2. The number of hydrogen-bond acceptors (Lipinski definition) is 9. The standard InChI is InChI=1S/C24H22N5O6PS2/c1-35-36(32)19-12-17(28-38(2,33)34)8-9-18(19)25-23(27-36)20-22(30)21(16-10-11-37-14-16)26-29(24(20)31)13-15-6-4-3-5-7-15/h3-12,14,28,30H,13H2,1-2H3,(H,25,27,32). The van der Waals surface area contributed by atoms with Gasteiger partial charge in [0, 0.05) is 23.7 Å². The lowest BCUT2D eigenvalue weighted by Gasteiger charge is -2.25. The van der Waals surface area contributed by atoms with Gasteiger partial charge in [0.15, 0.2) is 11.6 Å². The molecule has 11 nitrogen and oxygen atoms in total. The van der Waals surface area contributed by atoms with E-state index in [9.17, 15) is 22.9 Å². The van der Waals surface area contributed by atoms with Crippen LogP contribution >= 0.6 is 18.9 Å². The second-order valence-electron chi connectivity index (χ2n) is 8.42. The van der Waals surface area contributed by atoms with Gasteiger partial charge in [-0.15, -0.1) is 0 Å². The summed E-state index contributed by atoms with van der Waals surface area (Å²) < 4.78 is 50.2. The first-order valence-corrected chi connectivity index (χ1v) is 15.6. The van der Waals surface area contributed by atoms with Gasteiger partial charge in [-0.2, -0.15) is 21.2 Å². The van der Waals surface area contributed by atoms with Crippen LogP contribution in [-0.2, 0) is 25.7 Å². The zero-order chi connectivity index (χ0) is 27.1. The van der Waals surface area contributed by atoms with Crippen molar-refractivity contribution in [3.8, 4) is 17.0 Å². The van der Waals surface area contributed by atoms with Crippen molar-refractivity contribution in [1.29, 1.82) is 0 Å². The lowest BCUT2D eigenvalue weighted by molar-refractivity contribution is 0.404. The molecule has 0 saturated heterocycles. The summed E-state index contributed by atoms with van der Waals surface area (Å²) in [7, 11) is -6.37. The molecular weight excluding hydrogens is 549 g/mol. The normalized spacial score (nSPS) is 16.8. The molecule has 0 bridgehead atoms. The van der Waals surface area contributed by atoms with Gasteiger partial charge < -0.3 is 14.9 Å². The molecule has 196 valence electrons. The SMILES string of the molecule is COP1(=O)N=C(c2c(O)c(-c3ccsc3)nn(Cc3ccccc3)c2=O)Nc2ccc(NS(C)(=O)=O)cc21. The van der Waals surface area contributed by atoms with Crippen molar-refractivity contribution in [2.24, 2.45) is 4.76 Å². The maximum Gasteiger partial charge on any atom is 0.348 e. The van der Waals surface area contributed by atoms with Crippen molar-refractivity contribution in [2.45, 2.75) is 6.54 Å². The van der Waals surface area contributed by atoms with Crippen molar-refractivity contribution in [2.75, 3.05) is 23.4 Å². The lowest BCUT2D eigenvalue weighted by atomic mass is 10.1. The first kappa shape index (κ1) is 25.9. The van der Waals surface area contributed by atoms with Crippen LogP contribution in [0.3, 0.4) is 0 Å². The highest BCUT2D eigenvalue weighted by Gasteiger charge is 2.36. The molecule has 2 aromatic carbocycles. The molecule has 3 N–H and O–H groups in total. The van der Waals surface area contributed by atoms with Crippen molar-refractivity contribution >= 4 is 51.4 Å². The summed E-state index contributed by atoms with van der Waals surface area (Å²) in [6.45, 7) is 0.121. The molecule has 4 aromatic rings. The third-order valence-electron chi connectivity index (χ3n) is 5.67. The number of benzene rings is 2. The number of aromatic nitrogens is 2. The van der Waals surface area contributed by atoms with Gasteiger partial charge >= 0.3 is 7.52 Å². The Morgan fingerprint density at radius 2 is 1.95 bits per heavy atom. The van der Waals surface area contributed by atoms with Crippen LogP contribution in [0.1, 0.15) is 11.1 Å². The number of nitrogens with zero attached hydrogens (tertiary/aromatic N) is 3. The minimum absolute atomic E-state index is 0.105. The van der Waals surface area contributed by atoms with E-state index < -0.39 is 28.9 Å². The van der Waals surface area contributed by atoms with Crippen LogP contribution in [0, 0.1) is 0 Å². The fourth-order valence-electron chi connectivity index (χ4n) is 3.97. The van der Waals surface area contributed by atoms with Crippen molar-refractivity contribution in [1.82, 2.24) is 9.78 Å². The second-order valence-corrected chi connectivity index (χ2v) is 13.0. The number of thiophene rings is 1. The van der Waals surface area contributed by atoms with Gasteiger partial charge in [-0.3, -0.25) is 14.1 Å². The molecule has 1 atom stereocenters. The number of hydrogen-bond donors (Lipinski definition) is 3. The Kier molecular flexibility index (Phi) is 6.70. The minimum Gasteiger partial charge on any atom is -0.505 e. The smallest absolute Gasteiger partial charge is 0.348 e. The molecule has 5 rings (SSSR count). The number of sulfonamides is 1. The monoisotopic (exact) mass is 571 g/mol. The number of fused-ring (bicyclic) bond motifs is 1. The van der Waals surface area contributed by atoms with Crippen molar-refractivity contribution < 1.29 is 22.6 Å². The number of nitrogens with one attached hydrogen (secondary N) is 2. The highest BCUT2D eigenvalue weighted by atomic mass is 32.2. The van der Waals surface area contributed by atoms with Crippen molar-refractivity contribution in [3.05, 3.63) is 86.8 Å². The van der Waals surface area contributed by atoms with Crippen LogP contribution in [0.2, 0.25) is 0 Å². The minimum atomic E-state index is -3.98. The molecule has 0 amide bonds. The van der Waals surface area contributed by atoms with E-state index in [2.05, 4.69) is 19.9 Å². The summed E-state index contributed by atoms with van der Waals surface area (Å²) in [6.07, 6.45) is 0.995. The molecule has 0 aliphatic carbocycles. The zero-order valence-electron chi connectivity index (χ0n) is 20.2. The number of aromatic hydroxyl groups is 1. The molecule has 0 spiro atoms. The average Bonchev–Trinajstić information content (AvgIpc) is 3.41. The maximum atomic E-state index is 13.8. The fraction of sp³-hybridized carbons (Fsp3) is 0.125. The molecule has 0 fully saturated rings. The Morgan fingerprint density at radius 1 is 1.18 bits per heavy atom. The first-order valence-electron chi connectivity index (χ1n) is 11.1. The number of amidine groups is 1. The molecule has 3 heterocycles. The Bertz CT molecular complexity index is 1770. The van der Waals surface area contributed by atoms with Crippen LogP contribution in [0.4, 0.5) is 11.4 Å². The summed E-state index contributed by atoms with van der Waals surface area (Å²) >= 11 is 1.40. The lowest BCUT2D eigenvalue weighted by Crippen LogP contribution is -2.35. The van der Waals surface area contributed by atoms with Gasteiger partial charge in [0.05, 0.1) is 23.8 Å². The Balaban J connectivity index is 1.68. The Morgan fingerprint density at radius 3 is 2.61 bits per heavy atom. The third kappa shape index (κ3) is 5.01. The van der Waals surface area contributed by atoms with Crippen molar-refractivity contribution in [3.63, 3.8) is 0 Å². The van der Waals surface area contributed by atoms with Crippen LogP contribution in [0.5, 0.6) is 5.75 Å². The van der Waals surface area contributed by atoms with Crippen LogP contribution in [0.15, 0.2) is 74.9 Å². The topological polar surface area (TPSA) is 152 Å². The van der Waals surface area contributed by atoms with E-state index in [-0.39, 0.29) is 40.3 Å². The molecule has 1 unspecified atom stereocenters. The predicted octanol–water partition coefficient (Wildman–Crippen LogP) is 3.43. The molecule has 0 radical (unpaired) electrons. The second kappa shape index (κ2) is 9.84.